The van der Waals surface area contributed by atoms with Gasteiger partial charge < -0.3 is 15.2 Å². The molecule has 0 fully saturated rings. The lowest BCUT2D eigenvalue weighted by molar-refractivity contribution is 0.0697. The molecule has 4 rings (SSSR count). The van der Waals surface area contributed by atoms with Crippen LogP contribution in [0, 0.1) is 5.82 Å². The molecule has 29 heavy (non-hydrogen) atoms. The average molecular weight is 388 g/mol. The number of fused-ring (bicyclic) bond motifs is 1. The molecule has 0 aliphatic heterocycles. The molecular formula is C23H17FN2O3. The summed E-state index contributed by atoms with van der Waals surface area (Å²) in [5, 5.41) is 14.1. The maximum Gasteiger partial charge on any atom is 0.335 e. The van der Waals surface area contributed by atoms with E-state index in [1.54, 1.807) is 42.6 Å². The summed E-state index contributed by atoms with van der Waals surface area (Å²) in [6.07, 6.45) is 1.71. The topological polar surface area (TPSA) is 71.5 Å². The van der Waals surface area contributed by atoms with Crippen molar-refractivity contribution in [1.29, 1.82) is 0 Å². The summed E-state index contributed by atoms with van der Waals surface area (Å²) < 4.78 is 19.1. The number of hydrogen-bond acceptors (Lipinski definition) is 4. The second-order valence-electron chi connectivity index (χ2n) is 6.43. The fourth-order valence-corrected chi connectivity index (χ4v) is 3.00. The van der Waals surface area contributed by atoms with Crippen molar-refractivity contribution in [1.82, 2.24) is 4.98 Å². The Balaban J connectivity index is 1.62. The highest BCUT2D eigenvalue weighted by Crippen LogP contribution is 2.34. The molecule has 1 heterocycles. The predicted molar refractivity (Wildman–Crippen MR) is 109 cm³/mol. The van der Waals surface area contributed by atoms with Gasteiger partial charge in [-0.15, -0.1) is 0 Å². The Hall–Kier alpha value is -3.93. The second kappa shape index (κ2) is 7.98. The number of carboxylic acids is 1. The zero-order chi connectivity index (χ0) is 20.2. The monoisotopic (exact) mass is 388 g/mol. The van der Waals surface area contributed by atoms with E-state index in [4.69, 9.17) is 9.84 Å². The van der Waals surface area contributed by atoms with Crippen molar-refractivity contribution < 1.29 is 19.0 Å². The molecule has 6 heteroatoms. The first-order chi connectivity index (χ1) is 14.1. The summed E-state index contributed by atoms with van der Waals surface area (Å²) in [6, 6.07) is 20.1. The Morgan fingerprint density at radius 2 is 1.76 bits per heavy atom. The molecule has 0 aliphatic rings. The highest BCUT2D eigenvalue weighted by molar-refractivity contribution is 5.97. The van der Waals surface area contributed by atoms with Crippen LogP contribution in [0.3, 0.4) is 0 Å². The van der Waals surface area contributed by atoms with E-state index in [9.17, 15) is 9.18 Å². The van der Waals surface area contributed by atoms with E-state index in [0.717, 1.165) is 16.3 Å². The Morgan fingerprint density at radius 3 is 2.48 bits per heavy atom. The molecule has 1 aromatic heterocycles. The molecule has 5 nitrogen and oxygen atoms in total. The first-order valence-corrected chi connectivity index (χ1v) is 8.97. The van der Waals surface area contributed by atoms with Gasteiger partial charge in [-0.1, -0.05) is 24.3 Å². The highest BCUT2D eigenvalue weighted by Gasteiger charge is 2.10. The molecule has 0 atom stereocenters. The van der Waals surface area contributed by atoms with Crippen molar-refractivity contribution in [3.05, 3.63) is 95.9 Å². The molecule has 0 amide bonds. The van der Waals surface area contributed by atoms with Crippen LogP contribution >= 0.6 is 0 Å². The molecule has 144 valence electrons. The van der Waals surface area contributed by atoms with Crippen molar-refractivity contribution in [3.8, 4) is 11.5 Å². The van der Waals surface area contributed by atoms with Crippen molar-refractivity contribution in [2.45, 2.75) is 6.54 Å². The van der Waals surface area contributed by atoms with Crippen molar-refractivity contribution >= 4 is 22.6 Å². The minimum Gasteiger partial charge on any atom is -0.478 e. The van der Waals surface area contributed by atoms with E-state index in [0.29, 0.717) is 23.9 Å². The number of hydrogen-bond donors (Lipinski definition) is 2. The lowest BCUT2D eigenvalue weighted by atomic mass is 10.1. The summed E-state index contributed by atoms with van der Waals surface area (Å²) in [7, 11) is 0. The summed E-state index contributed by atoms with van der Waals surface area (Å²) in [6.45, 7) is 0.469. The number of anilines is 1. The SMILES string of the molecule is O=C(O)c1ccc(CNc2nccc3cccc(Oc4ccc(F)cc4)c23)cc1. The predicted octanol–water partition coefficient (Wildman–Crippen LogP) is 5.48. The van der Waals surface area contributed by atoms with E-state index in [2.05, 4.69) is 10.3 Å². The van der Waals surface area contributed by atoms with E-state index in [1.165, 1.54) is 12.1 Å². The zero-order valence-corrected chi connectivity index (χ0v) is 15.3. The molecule has 0 radical (unpaired) electrons. The molecule has 0 aliphatic carbocycles. The maximum absolute atomic E-state index is 13.2. The van der Waals surface area contributed by atoms with Crippen LogP contribution in [-0.4, -0.2) is 16.1 Å². The molecule has 0 saturated carbocycles. The number of nitrogens with zero attached hydrogens (tertiary/aromatic N) is 1. The van der Waals surface area contributed by atoms with Gasteiger partial charge in [0.1, 0.15) is 23.1 Å². The zero-order valence-electron chi connectivity index (χ0n) is 15.3. The van der Waals surface area contributed by atoms with Crippen LogP contribution in [0.1, 0.15) is 15.9 Å². The molecule has 2 N–H and O–H groups in total. The summed E-state index contributed by atoms with van der Waals surface area (Å²) in [5.41, 5.74) is 1.16. The van der Waals surface area contributed by atoms with Gasteiger partial charge in [0.25, 0.3) is 0 Å². The molecule has 0 saturated heterocycles. The van der Waals surface area contributed by atoms with Gasteiger partial charge in [0.2, 0.25) is 0 Å². The fourth-order valence-electron chi connectivity index (χ4n) is 3.00. The lowest BCUT2D eigenvalue weighted by Crippen LogP contribution is -2.03. The molecular weight excluding hydrogens is 371 g/mol. The van der Waals surface area contributed by atoms with Gasteiger partial charge in [-0.25, -0.2) is 14.2 Å². The van der Waals surface area contributed by atoms with Gasteiger partial charge in [-0.3, -0.25) is 0 Å². The third kappa shape index (κ3) is 4.16. The number of aromatic carboxylic acids is 1. The number of halogens is 1. The Morgan fingerprint density at radius 1 is 1.00 bits per heavy atom. The van der Waals surface area contributed by atoms with E-state index < -0.39 is 5.97 Å². The van der Waals surface area contributed by atoms with Crippen LogP contribution in [-0.2, 0) is 6.54 Å². The Labute approximate surface area is 166 Å². The van der Waals surface area contributed by atoms with E-state index in [-0.39, 0.29) is 11.4 Å². The summed E-state index contributed by atoms with van der Waals surface area (Å²) in [4.78, 5) is 15.4. The highest BCUT2D eigenvalue weighted by atomic mass is 19.1. The average Bonchev–Trinajstić information content (AvgIpc) is 2.74. The van der Waals surface area contributed by atoms with Gasteiger partial charge in [0, 0.05) is 12.7 Å². The normalized spacial score (nSPS) is 10.7. The quantitative estimate of drug-likeness (QED) is 0.458. The molecule has 0 unspecified atom stereocenters. The second-order valence-corrected chi connectivity index (χ2v) is 6.43. The third-order valence-electron chi connectivity index (χ3n) is 4.46. The fraction of sp³-hybridized carbons (Fsp3) is 0.0435. The first-order valence-electron chi connectivity index (χ1n) is 8.97. The number of carbonyl (C=O) groups is 1. The number of carboxylic acid groups (broad SMARTS) is 1. The number of ether oxygens (including phenoxy) is 1. The van der Waals surface area contributed by atoms with Gasteiger partial charge in [-0.2, -0.15) is 0 Å². The summed E-state index contributed by atoms with van der Waals surface area (Å²) in [5.74, 6) is 0.488. The largest absolute Gasteiger partial charge is 0.478 e. The lowest BCUT2D eigenvalue weighted by Gasteiger charge is -2.13. The van der Waals surface area contributed by atoms with E-state index >= 15 is 0 Å². The molecule has 0 spiro atoms. The third-order valence-corrected chi connectivity index (χ3v) is 4.46. The van der Waals surface area contributed by atoms with Gasteiger partial charge >= 0.3 is 5.97 Å². The smallest absolute Gasteiger partial charge is 0.335 e. The number of pyridine rings is 1. The maximum atomic E-state index is 13.2. The van der Waals surface area contributed by atoms with Crippen LogP contribution in [0.25, 0.3) is 10.8 Å². The van der Waals surface area contributed by atoms with Crippen molar-refractivity contribution in [2.24, 2.45) is 0 Å². The van der Waals surface area contributed by atoms with Gasteiger partial charge in [-0.05, 0) is 59.5 Å². The van der Waals surface area contributed by atoms with Crippen LogP contribution < -0.4 is 10.1 Å². The molecule has 4 aromatic rings. The number of rotatable bonds is 6. The van der Waals surface area contributed by atoms with Gasteiger partial charge in [0.15, 0.2) is 0 Å². The minimum atomic E-state index is -0.956. The van der Waals surface area contributed by atoms with Crippen molar-refractivity contribution in [2.75, 3.05) is 5.32 Å². The number of nitrogens with one attached hydrogen (secondary N) is 1. The van der Waals surface area contributed by atoms with Crippen LogP contribution in [0.4, 0.5) is 10.2 Å². The number of aromatic nitrogens is 1. The molecule has 3 aromatic carbocycles. The van der Waals surface area contributed by atoms with Gasteiger partial charge in [0.05, 0.1) is 10.9 Å². The minimum absolute atomic E-state index is 0.243. The van der Waals surface area contributed by atoms with Crippen LogP contribution in [0.5, 0.6) is 11.5 Å². The standard InChI is InChI=1S/C23H17FN2O3/c24-18-8-10-19(11-9-18)29-20-3-1-2-16-12-13-25-22(21(16)20)26-14-15-4-6-17(7-5-15)23(27)28/h1-13H,14H2,(H,25,26)(H,27,28). The van der Waals surface area contributed by atoms with Crippen molar-refractivity contribution in [3.63, 3.8) is 0 Å². The Kier molecular flexibility index (Phi) is 5.07. The Bertz CT molecular complexity index is 1150. The van der Waals surface area contributed by atoms with E-state index in [1.807, 2.05) is 24.3 Å². The molecule has 0 bridgehead atoms. The summed E-state index contributed by atoms with van der Waals surface area (Å²) >= 11 is 0. The first kappa shape index (κ1) is 18.4. The van der Waals surface area contributed by atoms with Crippen LogP contribution in [0.2, 0.25) is 0 Å². The number of benzene rings is 3. The van der Waals surface area contributed by atoms with Crippen LogP contribution in [0.15, 0.2) is 79.0 Å².